The highest BCUT2D eigenvalue weighted by Gasteiger charge is 2.35. The number of aromatic nitrogens is 1. The van der Waals surface area contributed by atoms with Gasteiger partial charge in [0, 0.05) is 19.3 Å². The Balaban J connectivity index is 2.63. The Hall–Kier alpha value is -1.66. The molecular formula is C19H32N2O4. The van der Waals surface area contributed by atoms with Crippen LogP contribution in [-0.2, 0) is 14.3 Å². The number of amides is 1. The molecule has 0 aromatic carbocycles. The van der Waals surface area contributed by atoms with Gasteiger partial charge in [0.25, 0.3) is 5.91 Å². The number of hydrogen-bond donors (Lipinski definition) is 1. The average Bonchev–Trinajstić information content (AvgIpc) is 2.57. The molecule has 0 aliphatic carbocycles. The number of nitrogens with zero attached hydrogens (tertiary/aromatic N) is 1. The summed E-state index contributed by atoms with van der Waals surface area (Å²) in [6.45, 7) is 12.2. The van der Waals surface area contributed by atoms with Gasteiger partial charge in [-0.2, -0.15) is 0 Å². The molecule has 1 amide bonds. The number of carbonyl (C=O) groups excluding carboxylic acids is 1. The molecule has 1 unspecified atom stereocenters. The van der Waals surface area contributed by atoms with Crippen molar-refractivity contribution >= 4 is 11.6 Å². The summed E-state index contributed by atoms with van der Waals surface area (Å²) in [5.41, 5.74) is -0.228. The molecule has 142 valence electrons. The molecule has 0 spiro atoms. The van der Waals surface area contributed by atoms with E-state index < -0.39 is 5.60 Å². The number of hydrogen-bond acceptors (Lipinski definition) is 5. The van der Waals surface area contributed by atoms with E-state index in [-0.39, 0.29) is 5.91 Å². The van der Waals surface area contributed by atoms with E-state index in [0.717, 1.165) is 6.42 Å². The highest BCUT2D eigenvalue weighted by molar-refractivity contribution is 5.96. The van der Waals surface area contributed by atoms with Crippen LogP contribution in [0, 0.1) is 5.92 Å². The van der Waals surface area contributed by atoms with Crippen LogP contribution in [0.25, 0.3) is 0 Å². The van der Waals surface area contributed by atoms with Crippen LogP contribution < -0.4 is 10.1 Å². The fourth-order valence-electron chi connectivity index (χ4n) is 2.48. The zero-order chi connectivity index (χ0) is 18.7. The van der Waals surface area contributed by atoms with Crippen molar-refractivity contribution in [3.63, 3.8) is 0 Å². The number of anilines is 1. The minimum absolute atomic E-state index is 0.151. The summed E-state index contributed by atoms with van der Waals surface area (Å²) < 4.78 is 16.5. The number of pyridine rings is 1. The summed E-state index contributed by atoms with van der Waals surface area (Å²) in [6, 6.07) is 3.50. The molecular weight excluding hydrogens is 320 g/mol. The maximum atomic E-state index is 12.7. The lowest BCUT2D eigenvalue weighted by molar-refractivity contribution is -0.141. The molecule has 0 saturated carbocycles. The highest BCUT2D eigenvalue weighted by atomic mass is 16.5. The first-order valence-electron chi connectivity index (χ1n) is 9.03. The Morgan fingerprint density at radius 2 is 2.00 bits per heavy atom. The van der Waals surface area contributed by atoms with Crippen LogP contribution in [0.15, 0.2) is 18.3 Å². The molecule has 6 heteroatoms. The predicted octanol–water partition coefficient (Wildman–Crippen LogP) is 3.67. The van der Waals surface area contributed by atoms with Crippen molar-refractivity contribution in [2.24, 2.45) is 5.92 Å². The van der Waals surface area contributed by atoms with Crippen molar-refractivity contribution in [1.29, 1.82) is 0 Å². The highest BCUT2D eigenvalue weighted by Crippen LogP contribution is 2.24. The standard InChI is InChI=1S/C19H32N2O4/c1-6-10-25-19(5,13-15(3)4)18(22)21-16-8-9-17(20-14-16)24-12-11-23-7-2/h8-9,14-15H,6-7,10-13H2,1-5H3,(H,21,22). The minimum atomic E-state index is -0.850. The van der Waals surface area contributed by atoms with E-state index in [2.05, 4.69) is 24.1 Å². The lowest BCUT2D eigenvalue weighted by atomic mass is 9.93. The van der Waals surface area contributed by atoms with Crippen molar-refractivity contribution in [2.75, 3.05) is 31.7 Å². The molecule has 0 aliphatic heterocycles. The maximum absolute atomic E-state index is 12.7. The fourth-order valence-corrected chi connectivity index (χ4v) is 2.48. The lowest BCUT2D eigenvalue weighted by Crippen LogP contribution is -2.44. The predicted molar refractivity (Wildman–Crippen MR) is 99.0 cm³/mol. The van der Waals surface area contributed by atoms with Crippen molar-refractivity contribution < 1.29 is 19.0 Å². The Bertz CT molecular complexity index is 505. The molecule has 6 nitrogen and oxygen atoms in total. The second-order valence-corrected chi connectivity index (χ2v) is 6.56. The van der Waals surface area contributed by atoms with Crippen molar-refractivity contribution in [2.45, 2.75) is 53.1 Å². The first-order valence-corrected chi connectivity index (χ1v) is 9.03. The number of ether oxygens (including phenoxy) is 3. The van der Waals surface area contributed by atoms with Crippen LogP contribution in [0.4, 0.5) is 5.69 Å². The van der Waals surface area contributed by atoms with E-state index in [0.29, 0.717) is 50.3 Å². The Kier molecular flexibility index (Phi) is 9.45. The summed E-state index contributed by atoms with van der Waals surface area (Å²) >= 11 is 0. The monoisotopic (exact) mass is 352 g/mol. The summed E-state index contributed by atoms with van der Waals surface area (Å²) in [5, 5.41) is 2.89. The molecule has 0 aliphatic rings. The maximum Gasteiger partial charge on any atom is 0.256 e. The molecule has 1 heterocycles. The molecule has 0 radical (unpaired) electrons. The zero-order valence-corrected chi connectivity index (χ0v) is 16.1. The van der Waals surface area contributed by atoms with E-state index in [9.17, 15) is 4.79 Å². The van der Waals surface area contributed by atoms with Crippen LogP contribution in [0.5, 0.6) is 5.88 Å². The SMILES string of the molecule is CCCOC(C)(CC(C)C)C(=O)Nc1ccc(OCCOCC)nc1. The third-order valence-electron chi connectivity index (χ3n) is 3.58. The van der Waals surface area contributed by atoms with Gasteiger partial charge in [-0.3, -0.25) is 4.79 Å². The average molecular weight is 352 g/mol. The molecule has 25 heavy (non-hydrogen) atoms. The molecule has 0 fully saturated rings. The normalized spacial score (nSPS) is 13.5. The van der Waals surface area contributed by atoms with Gasteiger partial charge < -0.3 is 19.5 Å². The molecule has 0 bridgehead atoms. The second kappa shape index (κ2) is 11.1. The first-order chi connectivity index (χ1) is 11.9. The summed E-state index contributed by atoms with van der Waals surface area (Å²) in [6.07, 6.45) is 3.12. The zero-order valence-electron chi connectivity index (χ0n) is 16.1. The summed E-state index contributed by atoms with van der Waals surface area (Å²) in [5.74, 6) is 0.707. The smallest absolute Gasteiger partial charge is 0.256 e. The number of nitrogens with one attached hydrogen (secondary N) is 1. The van der Waals surface area contributed by atoms with Gasteiger partial charge in [0.1, 0.15) is 12.2 Å². The van der Waals surface area contributed by atoms with E-state index in [1.807, 2.05) is 20.8 Å². The van der Waals surface area contributed by atoms with Crippen molar-refractivity contribution in [3.8, 4) is 5.88 Å². The van der Waals surface area contributed by atoms with Gasteiger partial charge in [-0.1, -0.05) is 20.8 Å². The molecule has 1 atom stereocenters. The van der Waals surface area contributed by atoms with E-state index in [1.54, 1.807) is 18.3 Å². The Morgan fingerprint density at radius 3 is 2.56 bits per heavy atom. The van der Waals surface area contributed by atoms with Crippen molar-refractivity contribution in [1.82, 2.24) is 4.98 Å². The van der Waals surface area contributed by atoms with Gasteiger partial charge in [-0.25, -0.2) is 4.98 Å². The van der Waals surface area contributed by atoms with E-state index in [4.69, 9.17) is 14.2 Å². The van der Waals surface area contributed by atoms with Gasteiger partial charge >= 0.3 is 0 Å². The van der Waals surface area contributed by atoms with Crippen LogP contribution in [0.3, 0.4) is 0 Å². The fraction of sp³-hybridized carbons (Fsp3) is 0.684. The molecule has 1 N–H and O–H groups in total. The third kappa shape index (κ3) is 7.84. The topological polar surface area (TPSA) is 69.7 Å². The Morgan fingerprint density at radius 1 is 1.24 bits per heavy atom. The van der Waals surface area contributed by atoms with Gasteiger partial charge in [0.2, 0.25) is 5.88 Å². The van der Waals surface area contributed by atoms with Crippen LogP contribution in [0.2, 0.25) is 0 Å². The van der Waals surface area contributed by atoms with E-state index >= 15 is 0 Å². The van der Waals surface area contributed by atoms with Gasteiger partial charge in [0.05, 0.1) is 18.5 Å². The summed E-state index contributed by atoms with van der Waals surface area (Å²) in [7, 11) is 0. The van der Waals surface area contributed by atoms with Crippen LogP contribution in [0.1, 0.15) is 47.5 Å². The second-order valence-electron chi connectivity index (χ2n) is 6.56. The summed E-state index contributed by atoms with van der Waals surface area (Å²) in [4.78, 5) is 16.9. The third-order valence-corrected chi connectivity index (χ3v) is 3.58. The molecule has 1 aromatic heterocycles. The molecule has 1 rings (SSSR count). The molecule has 1 aromatic rings. The number of carbonyl (C=O) groups is 1. The van der Waals surface area contributed by atoms with Gasteiger partial charge in [-0.05, 0) is 38.7 Å². The van der Waals surface area contributed by atoms with Crippen molar-refractivity contribution in [3.05, 3.63) is 18.3 Å². The van der Waals surface area contributed by atoms with Crippen LogP contribution in [-0.4, -0.2) is 42.9 Å². The van der Waals surface area contributed by atoms with Gasteiger partial charge in [0.15, 0.2) is 0 Å². The Labute approximate surface area is 151 Å². The lowest BCUT2D eigenvalue weighted by Gasteiger charge is -2.30. The van der Waals surface area contributed by atoms with E-state index in [1.165, 1.54) is 0 Å². The largest absolute Gasteiger partial charge is 0.475 e. The van der Waals surface area contributed by atoms with Gasteiger partial charge in [-0.15, -0.1) is 0 Å². The number of rotatable bonds is 12. The first kappa shape index (κ1) is 21.4. The molecule has 0 saturated heterocycles. The minimum Gasteiger partial charge on any atom is -0.475 e. The quantitative estimate of drug-likeness (QED) is 0.581. The van der Waals surface area contributed by atoms with Crippen LogP contribution >= 0.6 is 0 Å².